The molecule has 106 valence electrons. The summed E-state index contributed by atoms with van der Waals surface area (Å²) < 4.78 is 13.9. The van der Waals surface area contributed by atoms with E-state index in [9.17, 15) is 4.39 Å². The molecule has 0 aromatic heterocycles. The highest BCUT2D eigenvalue weighted by Gasteiger charge is 2.15. The van der Waals surface area contributed by atoms with Gasteiger partial charge in [0.2, 0.25) is 0 Å². The number of β-amino-alcohol motifs (C(OH)–C–C–N with tert-alkyl or cyclic N) is 1. The molecule has 0 amide bonds. The van der Waals surface area contributed by atoms with Crippen LogP contribution in [0.15, 0.2) is 22.7 Å². The Bertz CT molecular complexity index is 416. The SMILES string of the molecule is OCCN1CCCN(Cc2ccc(F)cc2Br)CC1. The second kappa shape index (κ2) is 7.33. The summed E-state index contributed by atoms with van der Waals surface area (Å²) in [5, 5.41) is 8.98. The van der Waals surface area contributed by atoms with Crippen LogP contribution in [0.3, 0.4) is 0 Å². The number of aliphatic hydroxyl groups excluding tert-OH is 1. The average Bonchev–Trinajstić information content (AvgIpc) is 2.59. The van der Waals surface area contributed by atoms with E-state index in [0.29, 0.717) is 0 Å². The Morgan fingerprint density at radius 2 is 1.89 bits per heavy atom. The quantitative estimate of drug-likeness (QED) is 0.915. The summed E-state index contributed by atoms with van der Waals surface area (Å²) in [6, 6.07) is 4.87. The first-order valence-electron chi connectivity index (χ1n) is 6.68. The summed E-state index contributed by atoms with van der Waals surface area (Å²) in [7, 11) is 0. The average molecular weight is 331 g/mol. The van der Waals surface area contributed by atoms with Gasteiger partial charge in [0, 0.05) is 30.7 Å². The fraction of sp³-hybridized carbons (Fsp3) is 0.571. The van der Waals surface area contributed by atoms with Gasteiger partial charge in [-0.25, -0.2) is 4.39 Å². The Labute approximate surface area is 122 Å². The number of rotatable bonds is 4. The molecule has 1 aliphatic rings. The molecule has 19 heavy (non-hydrogen) atoms. The van der Waals surface area contributed by atoms with Crippen molar-refractivity contribution in [3.05, 3.63) is 34.1 Å². The van der Waals surface area contributed by atoms with Gasteiger partial charge in [-0.05, 0) is 37.2 Å². The van der Waals surface area contributed by atoms with Crippen molar-refractivity contribution in [1.29, 1.82) is 0 Å². The molecule has 2 rings (SSSR count). The van der Waals surface area contributed by atoms with Crippen LogP contribution in [-0.4, -0.2) is 54.2 Å². The Morgan fingerprint density at radius 3 is 2.63 bits per heavy atom. The molecular formula is C14H20BrFN2O. The fourth-order valence-corrected chi connectivity index (χ4v) is 2.91. The molecule has 1 aromatic rings. The lowest BCUT2D eigenvalue weighted by molar-refractivity contribution is 0.196. The minimum atomic E-state index is -0.208. The van der Waals surface area contributed by atoms with Crippen molar-refractivity contribution in [2.75, 3.05) is 39.3 Å². The highest BCUT2D eigenvalue weighted by atomic mass is 79.9. The first kappa shape index (κ1) is 14.9. The lowest BCUT2D eigenvalue weighted by Crippen LogP contribution is -2.32. The van der Waals surface area contributed by atoms with Crippen LogP contribution in [0.1, 0.15) is 12.0 Å². The minimum Gasteiger partial charge on any atom is -0.395 e. The third kappa shape index (κ3) is 4.53. The van der Waals surface area contributed by atoms with E-state index < -0.39 is 0 Å². The topological polar surface area (TPSA) is 26.7 Å². The maximum absolute atomic E-state index is 13.1. The van der Waals surface area contributed by atoms with E-state index in [1.807, 2.05) is 6.07 Å². The summed E-state index contributed by atoms with van der Waals surface area (Å²) >= 11 is 3.42. The normalized spacial score (nSPS) is 18.5. The van der Waals surface area contributed by atoms with Crippen LogP contribution < -0.4 is 0 Å². The summed E-state index contributed by atoms with van der Waals surface area (Å²) in [5.74, 6) is -0.208. The fourth-order valence-electron chi connectivity index (χ4n) is 2.44. The van der Waals surface area contributed by atoms with Gasteiger partial charge in [-0.3, -0.25) is 9.80 Å². The Balaban J connectivity index is 1.92. The van der Waals surface area contributed by atoms with E-state index in [0.717, 1.165) is 55.7 Å². The Morgan fingerprint density at radius 1 is 1.16 bits per heavy atom. The lowest BCUT2D eigenvalue weighted by atomic mass is 10.2. The van der Waals surface area contributed by atoms with Crippen LogP contribution in [0.25, 0.3) is 0 Å². The van der Waals surface area contributed by atoms with Crippen LogP contribution >= 0.6 is 15.9 Å². The molecule has 1 fully saturated rings. The predicted molar refractivity (Wildman–Crippen MR) is 77.5 cm³/mol. The molecule has 0 spiro atoms. The first-order chi connectivity index (χ1) is 9.19. The molecule has 1 N–H and O–H groups in total. The number of aliphatic hydroxyl groups is 1. The number of benzene rings is 1. The van der Waals surface area contributed by atoms with Gasteiger partial charge < -0.3 is 5.11 Å². The second-order valence-electron chi connectivity index (χ2n) is 4.93. The van der Waals surface area contributed by atoms with Crippen molar-refractivity contribution in [2.24, 2.45) is 0 Å². The largest absolute Gasteiger partial charge is 0.395 e. The molecule has 5 heteroatoms. The molecule has 3 nitrogen and oxygen atoms in total. The zero-order chi connectivity index (χ0) is 13.7. The van der Waals surface area contributed by atoms with Gasteiger partial charge in [0.05, 0.1) is 6.61 Å². The number of hydrogen-bond donors (Lipinski definition) is 1. The summed E-state index contributed by atoms with van der Waals surface area (Å²) in [5.41, 5.74) is 1.12. The van der Waals surface area contributed by atoms with Crippen molar-refractivity contribution < 1.29 is 9.50 Å². The maximum Gasteiger partial charge on any atom is 0.124 e. The minimum absolute atomic E-state index is 0.208. The lowest BCUT2D eigenvalue weighted by Gasteiger charge is -2.21. The summed E-state index contributed by atoms with van der Waals surface area (Å²) in [4.78, 5) is 4.68. The van der Waals surface area contributed by atoms with Gasteiger partial charge >= 0.3 is 0 Å². The van der Waals surface area contributed by atoms with Crippen molar-refractivity contribution in [2.45, 2.75) is 13.0 Å². The molecule has 0 saturated carbocycles. The highest BCUT2D eigenvalue weighted by molar-refractivity contribution is 9.10. The monoisotopic (exact) mass is 330 g/mol. The van der Waals surface area contributed by atoms with Crippen molar-refractivity contribution >= 4 is 15.9 Å². The summed E-state index contributed by atoms with van der Waals surface area (Å²) in [6.07, 6.45) is 1.11. The number of nitrogens with zero attached hydrogens (tertiary/aromatic N) is 2. The van der Waals surface area contributed by atoms with E-state index in [1.165, 1.54) is 12.1 Å². The molecule has 0 unspecified atom stereocenters. The molecule has 0 atom stereocenters. The summed E-state index contributed by atoms with van der Waals surface area (Å²) in [6.45, 7) is 5.89. The third-order valence-electron chi connectivity index (χ3n) is 3.51. The van der Waals surface area contributed by atoms with Gasteiger partial charge in [-0.1, -0.05) is 22.0 Å². The van der Waals surface area contributed by atoms with Crippen LogP contribution in [0.5, 0.6) is 0 Å². The van der Waals surface area contributed by atoms with E-state index >= 15 is 0 Å². The van der Waals surface area contributed by atoms with Crippen LogP contribution in [0.4, 0.5) is 4.39 Å². The maximum atomic E-state index is 13.1. The molecule has 0 aliphatic carbocycles. The van der Waals surface area contributed by atoms with Gasteiger partial charge in [-0.2, -0.15) is 0 Å². The van der Waals surface area contributed by atoms with Crippen molar-refractivity contribution in [1.82, 2.24) is 9.80 Å². The van der Waals surface area contributed by atoms with Gasteiger partial charge in [0.15, 0.2) is 0 Å². The standard InChI is InChI=1S/C14H20BrFN2O/c15-14-10-13(16)3-2-12(14)11-18-5-1-4-17(6-7-18)8-9-19/h2-3,10,19H,1,4-9,11H2. The van der Waals surface area contributed by atoms with Gasteiger partial charge in [0.25, 0.3) is 0 Å². The van der Waals surface area contributed by atoms with Gasteiger partial charge in [0.1, 0.15) is 5.82 Å². The van der Waals surface area contributed by atoms with Crippen LogP contribution in [-0.2, 0) is 6.54 Å². The molecule has 1 aliphatic heterocycles. The Kier molecular flexibility index (Phi) is 5.76. The highest BCUT2D eigenvalue weighted by Crippen LogP contribution is 2.20. The molecule has 0 bridgehead atoms. The molecule has 1 heterocycles. The number of hydrogen-bond acceptors (Lipinski definition) is 3. The van der Waals surface area contributed by atoms with Crippen molar-refractivity contribution in [3.63, 3.8) is 0 Å². The van der Waals surface area contributed by atoms with Crippen LogP contribution in [0, 0.1) is 5.82 Å². The molecule has 1 aromatic carbocycles. The first-order valence-corrected chi connectivity index (χ1v) is 7.48. The van der Waals surface area contributed by atoms with E-state index in [1.54, 1.807) is 0 Å². The molecular weight excluding hydrogens is 311 g/mol. The molecule has 1 saturated heterocycles. The van der Waals surface area contributed by atoms with E-state index in [2.05, 4.69) is 25.7 Å². The van der Waals surface area contributed by atoms with Gasteiger partial charge in [-0.15, -0.1) is 0 Å². The van der Waals surface area contributed by atoms with E-state index in [4.69, 9.17) is 5.11 Å². The van der Waals surface area contributed by atoms with Crippen molar-refractivity contribution in [3.8, 4) is 0 Å². The van der Waals surface area contributed by atoms with Crippen LogP contribution in [0.2, 0.25) is 0 Å². The number of halogens is 2. The Hall–Kier alpha value is -0.490. The predicted octanol–water partition coefficient (Wildman–Crippen LogP) is 2.09. The third-order valence-corrected chi connectivity index (χ3v) is 4.24. The van der Waals surface area contributed by atoms with E-state index in [-0.39, 0.29) is 12.4 Å². The zero-order valence-corrected chi connectivity index (χ0v) is 12.6. The zero-order valence-electron chi connectivity index (χ0n) is 11.0. The second-order valence-corrected chi connectivity index (χ2v) is 5.79. The smallest absolute Gasteiger partial charge is 0.124 e. The molecule has 0 radical (unpaired) electrons.